The van der Waals surface area contributed by atoms with Crippen LogP contribution in [0.25, 0.3) is 0 Å². The van der Waals surface area contributed by atoms with Gasteiger partial charge in [-0.1, -0.05) is 77.0 Å². The Kier molecular flexibility index (Phi) is 9.46. The van der Waals surface area contributed by atoms with Gasteiger partial charge in [-0.25, -0.2) is 0 Å². The van der Waals surface area contributed by atoms with E-state index in [1.54, 1.807) is 0 Å². The van der Waals surface area contributed by atoms with Crippen molar-refractivity contribution in [3.63, 3.8) is 0 Å². The van der Waals surface area contributed by atoms with Crippen LogP contribution >= 0.6 is 0 Å². The van der Waals surface area contributed by atoms with E-state index in [9.17, 15) is 4.79 Å². The van der Waals surface area contributed by atoms with E-state index in [-0.39, 0.29) is 5.78 Å². The summed E-state index contributed by atoms with van der Waals surface area (Å²) in [7, 11) is 0. The molecule has 4 fully saturated rings. The normalized spacial score (nSPS) is 22.2. The summed E-state index contributed by atoms with van der Waals surface area (Å²) in [4.78, 5) is 19.1. The van der Waals surface area contributed by atoms with Crippen LogP contribution in [0.2, 0.25) is 0 Å². The third-order valence-electron chi connectivity index (χ3n) is 10.7. The number of anilines is 2. The molecule has 0 saturated heterocycles. The molecule has 40 heavy (non-hydrogen) atoms. The molecular formula is C37H52N2O. The predicted octanol–water partition coefficient (Wildman–Crippen LogP) is 9.86. The van der Waals surface area contributed by atoms with E-state index in [0.717, 1.165) is 11.1 Å². The number of carbonyl (C=O) groups excluding carboxylic acids is 1. The van der Waals surface area contributed by atoms with Crippen molar-refractivity contribution in [3.05, 3.63) is 59.7 Å². The zero-order valence-electron chi connectivity index (χ0n) is 24.9. The third-order valence-corrected chi connectivity index (χ3v) is 10.7. The first-order valence-electron chi connectivity index (χ1n) is 17.1. The van der Waals surface area contributed by atoms with Crippen molar-refractivity contribution >= 4 is 17.2 Å². The van der Waals surface area contributed by atoms with Gasteiger partial charge in [0.1, 0.15) is 0 Å². The van der Waals surface area contributed by atoms with Crippen LogP contribution in [0.5, 0.6) is 0 Å². The van der Waals surface area contributed by atoms with Gasteiger partial charge >= 0.3 is 0 Å². The SMILES string of the molecule is O=C(c1ccc(N(C2CCCCC2)C2CCCCC2)cc1)c1ccc(N(C2CCCCC2)C2CCCCC2)cc1. The highest BCUT2D eigenvalue weighted by Crippen LogP contribution is 2.36. The largest absolute Gasteiger partial charge is 0.366 e. The van der Waals surface area contributed by atoms with Gasteiger partial charge in [-0.05, 0) is 99.9 Å². The van der Waals surface area contributed by atoms with E-state index >= 15 is 0 Å². The lowest BCUT2D eigenvalue weighted by Gasteiger charge is -2.43. The number of nitrogens with zero attached hydrogens (tertiary/aromatic N) is 2. The van der Waals surface area contributed by atoms with Gasteiger partial charge in [0.05, 0.1) is 0 Å². The minimum atomic E-state index is 0.155. The average molecular weight is 541 g/mol. The van der Waals surface area contributed by atoms with E-state index in [2.05, 4.69) is 58.3 Å². The number of hydrogen-bond donors (Lipinski definition) is 0. The molecule has 0 N–H and O–H groups in total. The topological polar surface area (TPSA) is 23.6 Å². The van der Waals surface area contributed by atoms with Gasteiger partial charge < -0.3 is 9.80 Å². The molecule has 0 radical (unpaired) electrons. The maximum atomic E-state index is 13.6. The third kappa shape index (κ3) is 6.44. The lowest BCUT2D eigenvalue weighted by atomic mass is 9.88. The van der Waals surface area contributed by atoms with E-state index in [1.807, 2.05) is 0 Å². The van der Waals surface area contributed by atoms with Gasteiger partial charge in [0.2, 0.25) is 0 Å². The van der Waals surface area contributed by atoms with Crippen LogP contribution in [0.15, 0.2) is 48.5 Å². The summed E-state index contributed by atoms with van der Waals surface area (Å²) in [6.45, 7) is 0. The molecule has 0 aromatic heterocycles. The van der Waals surface area contributed by atoms with E-state index in [1.165, 1.54) is 140 Å². The second-order valence-corrected chi connectivity index (χ2v) is 13.4. The number of benzene rings is 2. The van der Waals surface area contributed by atoms with Crippen molar-refractivity contribution in [1.82, 2.24) is 0 Å². The first-order chi connectivity index (χ1) is 19.8. The van der Waals surface area contributed by atoms with Gasteiger partial charge in [0.25, 0.3) is 0 Å². The Hall–Kier alpha value is -2.29. The van der Waals surface area contributed by atoms with Crippen LogP contribution in [0, 0.1) is 0 Å². The van der Waals surface area contributed by atoms with Crippen LogP contribution in [-0.2, 0) is 0 Å². The van der Waals surface area contributed by atoms with Gasteiger partial charge in [0, 0.05) is 46.7 Å². The van der Waals surface area contributed by atoms with Crippen molar-refractivity contribution in [2.75, 3.05) is 9.80 Å². The van der Waals surface area contributed by atoms with Gasteiger partial charge in [-0.15, -0.1) is 0 Å². The minimum Gasteiger partial charge on any atom is -0.366 e. The average Bonchev–Trinajstić information content (AvgIpc) is 3.04. The fourth-order valence-electron chi connectivity index (χ4n) is 8.61. The summed E-state index contributed by atoms with van der Waals surface area (Å²) in [5, 5.41) is 0. The molecule has 6 rings (SSSR count). The van der Waals surface area contributed by atoms with Gasteiger partial charge in [-0.2, -0.15) is 0 Å². The zero-order valence-corrected chi connectivity index (χ0v) is 24.9. The molecule has 2 aromatic rings. The highest BCUT2D eigenvalue weighted by molar-refractivity contribution is 6.09. The molecule has 4 aliphatic rings. The van der Waals surface area contributed by atoms with Crippen LogP contribution in [0.1, 0.15) is 144 Å². The minimum absolute atomic E-state index is 0.155. The Bertz CT molecular complexity index is 931. The van der Waals surface area contributed by atoms with Crippen LogP contribution in [-0.4, -0.2) is 30.0 Å². The van der Waals surface area contributed by atoms with Gasteiger partial charge in [-0.3, -0.25) is 4.79 Å². The van der Waals surface area contributed by atoms with Crippen molar-refractivity contribution in [3.8, 4) is 0 Å². The maximum absolute atomic E-state index is 13.6. The molecular weight excluding hydrogens is 488 g/mol. The standard InChI is InChI=1S/C37H52N2O/c40-37(29-21-25-35(26-22-29)38(31-13-5-1-6-14-31)32-15-7-2-8-16-32)30-23-27-36(28-24-30)39(33-17-9-3-10-18-33)34-19-11-4-12-20-34/h21-28,31-34H,1-20H2. The van der Waals surface area contributed by atoms with E-state index in [0.29, 0.717) is 24.2 Å². The Morgan fingerprint density at radius 2 is 0.650 bits per heavy atom. The Labute approximate surface area is 243 Å². The fourth-order valence-corrected chi connectivity index (χ4v) is 8.61. The Balaban J connectivity index is 1.18. The molecule has 0 heterocycles. The molecule has 4 aliphatic carbocycles. The lowest BCUT2D eigenvalue weighted by molar-refractivity contribution is 0.103. The van der Waals surface area contributed by atoms with Crippen molar-refractivity contribution in [2.24, 2.45) is 0 Å². The Morgan fingerprint density at radius 1 is 0.400 bits per heavy atom. The molecule has 0 aliphatic heterocycles. The molecule has 216 valence electrons. The number of ketones is 1. The van der Waals surface area contributed by atoms with E-state index < -0.39 is 0 Å². The van der Waals surface area contributed by atoms with Crippen LogP contribution in [0.3, 0.4) is 0 Å². The second kappa shape index (κ2) is 13.6. The molecule has 4 saturated carbocycles. The summed E-state index contributed by atoms with van der Waals surface area (Å²) in [5.74, 6) is 0.155. The fraction of sp³-hybridized carbons (Fsp3) is 0.649. The highest BCUT2D eigenvalue weighted by Gasteiger charge is 2.30. The maximum Gasteiger partial charge on any atom is 0.193 e. The first-order valence-corrected chi connectivity index (χ1v) is 17.1. The molecule has 0 bridgehead atoms. The summed E-state index contributed by atoms with van der Waals surface area (Å²) in [6.07, 6.45) is 27.0. The summed E-state index contributed by atoms with van der Waals surface area (Å²) in [6, 6.07) is 20.1. The lowest BCUT2D eigenvalue weighted by Crippen LogP contribution is -2.45. The van der Waals surface area contributed by atoms with Crippen molar-refractivity contribution < 1.29 is 4.79 Å². The second-order valence-electron chi connectivity index (χ2n) is 13.4. The summed E-state index contributed by atoms with van der Waals surface area (Å²) < 4.78 is 0. The van der Waals surface area contributed by atoms with Crippen molar-refractivity contribution in [2.45, 2.75) is 153 Å². The van der Waals surface area contributed by atoms with Crippen molar-refractivity contribution in [1.29, 1.82) is 0 Å². The molecule has 3 nitrogen and oxygen atoms in total. The molecule has 3 heteroatoms. The zero-order chi connectivity index (χ0) is 27.1. The first kappa shape index (κ1) is 27.9. The summed E-state index contributed by atoms with van der Waals surface area (Å²) >= 11 is 0. The smallest absolute Gasteiger partial charge is 0.193 e. The summed E-state index contributed by atoms with van der Waals surface area (Å²) in [5.41, 5.74) is 4.31. The van der Waals surface area contributed by atoms with E-state index in [4.69, 9.17) is 0 Å². The predicted molar refractivity (Wildman–Crippen MR) is 169 cm³/mol. The quantitative estimate of drug-likeness (QED) is 0.311. The van der Waals surface area contributed by atoms with Crippen LogP contribution < -0.4 is 9.80 Å². The number of carbonyl (C=O) groups is 1. The Morgan fingerprint density at radius 3 is 0.900 bits per heavy atom. The molecule has 0 amide bonds. The van der Waals surface area contributed by atoms with Gasteiger partial charge in [0.15, 0.2) is 5.78 Å². The van der Waals surface area contributed by atoms with Crippen LogP contribution in [0.4, 0.5) is 11.4 Å². The molecule has 0 atom stereocenters. The molecule has 0 unspecified atom stereocenters. The highest BCUT2D eigenvalue weighted by atomic mass is 16.1. The molecule has 2 aromatic carbocycles. The number of hydrogen-bond acceptors (Lipinski definition) is 3. The number of rotatable bonds is 8. The molecule has 0 spiro atoms. The monoisotopic (exact) mass is 540 g/mol.